The molecule has 6 heteroatoms. The van der Waals surface area contributed by atoms with Crippen LogP contribution >= 0.6 is 23.2 Å². The maximum Gasteiger partial charge on any atom is 0.311 e. The Morgan fingerprint density at radius 2 is 1.78 bits per heavy atom. The molecule has 0 bridgehead atoms. The summed E-state index contributed by atoms with van der Waals surface area (Å²) in [4.78, 5) is 24.6. The van der Waals surface area contributed by atoms with Crippen LogP contribution in [0.4, 0.5) is 5.69 Å². The molecule has 0 aliphatic rings. The number of rotatable bonds is 6. The van der Waals surface area contributed by atoms with Gasteiger partial charge in [-0.05, 0) is 48.6 Å². The van der Waals surface area contributed by atoms with E-state index < -0.39 is 12.1 Å². The van der Waals surface area contributed by atoms with E-state index in [0.717, 1.165) is 16.8 Å². The molecule has 1 amide bonds. The van der Waals surface area contributed by atoms with Crippen molar-refractivity contribution in [3.63, 3.8) is 0 Å². The fourth-order valence-corrected chi connectivity index (χ4v) is 3.00. The van der Waals surface area contributed by atoms with Gasteiger partial charge < -0.3 is 10.1 Å². The van der Waals surface area contributed by atoms with E-state index in [4.69, 9.17) is 27.9 Å². The highest BCUT2D eigenvalue weighted by Crippen LogP contribution is 2.27. The second-order valence-corrected chi connectivity index (χ2v) is 7.55. The van der Waals surface area contributed by atoms with Gasteiger partial charge in [-0.2, -0.15) is 0 Å². The number of benzene rings is 2. The van der Waals surface area contributed by atoms with E-state index in [1.165, 1.54) is 0 Å². The number of aryl methyl sites for hydroxylation is 1. The van der Waals surface area contributed by atoms with Gasteiger partial charge in [0.1, 0.15) is 0 Å². The van der Waals surface area contributed by atoms with Crippen molar-refractivity contribution in [2.24, 2.45) is 0 Å². The topological polar surface area (TPSA) is 55.4 Å². The quantitative estimate of drug-likeness (QED) is 0.639. The van der Waals surface area contributed by atoms with Crippen LogP contribution in [0.2, 0.25) is 10.0 Å². The summed E-state index contributed by atoms with van der Waals surface area (Å²) in [7, 11) is 0. The minimum Gasteiger partial charge on any atom is -0.452 e. The number of amides is 1. The van der Waals surface area contributed by atoms with Crippen LogP contribution in [0.5, 0.6) is 0 Å². The molecule has 4 nitrogen and oxygen atoms in total. The van der Waals surface area contributed by atoms with E-state index >= 15 is 0 Å². The third kappa shape index (κ3) is 5.72. The van der Waals surface area contributed by atoms with Gasteiger partial charge in [0.05, 0.1) is 16.5 Å². The highest BCUT2D eigenvalue weighted by Gasteiger charge is 2.20. The first-order valence-electron chi connectivity index (χ1n) is 8.72. The Morgan fingerprint density at radius 3 is 2.41 bits per heavy atom. The largest absolute Gasteiger partial charge is 0.452 e. The summed E-state index contributed by atoms with van der Waals surface area (Å²) in [5.74, 6) is -0.619. The number of ether oxygens (including phenoxy) is 1. The van der Waals surface area contributed by atoms with Gasteiger partial charge in [-0.15, -0.1) is 0 Å². The molecule has 2 aromatic carbocycles. The van der Waals surface area contributed by atoms with Crippen molar-refractivity contribution in [2.45, 2.75) is 46.1 Å². The van der Waals surface area contributed by atoms with Crippen molar-refractivity contribution < 1.29 is 14.3 Å². The van der Waals surface area contributed by atoms with Crippen molar-refractivity contribution >= 4 is 40.8 Å². The molecule has 0 unspecified atom stereocenters. The van der Waals surface area contributed by atoms with E-state index in [0.29, 0.717) is 15.6 Å². The summed E-state index contributed by atoms with van der Waals surface area (Å²) in [6.07, 6.45) is -0.907. The minimum absolute atomic E-state index is 0.0100. The van der Waals surface area contributed by atoms with E-state index in [-0.39, 0.29) is 18.2 Å². The number of halogens is 2. The fourth-order valence-electron chi connectivity index (χ4n) is 2.68. The lowest BCUT2D eigenvalue weighted by Crippen LogP contribution is -2.31. The normalized spacial score (nSPS) is 12.0. The summed E-state index contributed by atoms with van der Waals surface area (Å²) in [6, 6.07) is 10.8. The molecule has 0 heterocycles. The molecule has 0 fully saturated rings. The third-order valence-electron chi connectivity index (χ3n) is 4.19. The van der Waals surface area contributed by atoms with Gasteiger partial charge in [0.15, 0.2) is 6.10 Å². The van der Waals surface area contributed by atoms with E-state index in [2.05, 4.69) is 19.2 Å². The molecular formula is C21H23Cl2NO3. The minimum atomic E-state index is -0.917. The van der Waals surface area contributed by atoms with Gasteiger partial charge in [-0.25, -0.2) is 0 Å². The summed E-state index contributed by atoms with van der Waals surface area (Å²) in [6.45, 7) is 7.61. The maximum absolute atomic E-state index is 12.5. The van der Waals surface area contributed by atoms with Gasteiger partial charge >= 0.3 is 5.97 Å². The SMILES string of the molecule is Cc1cccc(C(C)C)c1NC(=O)[C@H](C)OC(=O)Cc1ccc(Cl)c(Cl)c1. The Hall–Kier alpha value is -2.04. The van der Waals surface area contributed by atoms with E-state index in [9.17, 15) is 9.59 Å². The van der Waals surface area contributed by atoms with Gasteiger partial charge in [0.2, 0.25) is 0 Å². The van der Waals surface area contributed by atoms with Crippen LogP contribution in [0.1, 0.15) is 43.4 Å². The molecular weight excluding hydrogens is 385 g/mol. The first-order valence-corrected chi connectivity index (χ1v) is 9.48. The molecule has 27 heavy (non-hydrogen) atoms. The zero-order chi connectivity index (χ0) is 20.1. The molecule has 1 atom stereocenters. The lowest BCUT2D eigenvalue weighted by molar-refractivity contribution is -0.152. The Labute approximate surface area is 169 Å². The number of para-hydroxylation sites is 1. The summed E-state index contributed by atoms with van der Waals surface area (Å²) < 4.78 is 5.27. The number of hydrogen-bond acceptors (Lipinski definition) is 3. The molecule has 2 rings (SSSR count). The zero-order valence-corrected chi connectivity index (χ0v) is 17.3. The number of nitrogens with one attached hydrogen (secondary N) is 1. The van der Waals surface area contributed by atoms with Crippen molar-refractivity contribution in [1.82, 2.24) is 0 Å². The van der Waals surface area contributed by atoms with Crippen LogP contribution in [0.15, 0.2) is 36.4 Å². The molecule has 0 aliphatic heterocycles. The molecule has 2 aromatic rings. The highest BCUT2D eigenvalue weighted by molar-refractivity contribution is 6.42. The molecule has 0 spiro atoms. The lowest BCUT2D eigenvalue weighted by atomic mass is 9.98. The average Bonchev–Trinajstić information content (AvgIpc) is 2.59. The molecule has 0 aliphatic carbocycles. The van der Waals surface area contributed by atoms with Crippen molar-refractivity contribution in [1.29, 1.82) is 0 Å². The Morgan fingerprint density at radius 1 is 1.07 bits per heavy atom. The molecule has 144 valence electrons. The van der Waals surface area contributed by atoms with Crippen LogP contribution in [0.3, 0.4) is 0 Å². The first-order chi connectivity index (χ1) is 12.7. The monoisotopic (exact) mass is 407 g/mol. The number of carbonyl (C=O) groups excluding carboxylic acids is 2. The predicted octanol–water partition coefficient (Wildman–Crippen LogP) is 5.54. The van der Waals surface area contributed by atoms with Crippen LogP contribution in [-0.2, 0) is 20.7 Å². The molecule has 0 aromatic heterocycles. The number of carbonyl (C=O) groups is 2. The van der Waals surface area contributed by atoms with Gasteiger partial charge in [0, 0.05) is 5.69 Å². The fraction of sp³-hybridized carbons (Fsp3) is 0.333. The molecule has 0 saturated carbocycles. The van der Waals surface area contributed by atoms with Crippen molar-refractivity contribution in [3.05, 3.63) is 63.1 Å². The van der Waals surface area contributed by atoms with E-state index in [1.807, 2.05) is 25.1 Å². The number of esters is 1. The number of hydrogen-bond donors (Lipinski definition) is 1. The lowest BCUT2D eigenvalue weighted by Gasteiger charge is -2.19. The smallest absolute Gasteiger partial charge is 0.311 e. The van der Waals surface area contributed by atoms with Gasteiger partial charge in [-0.1, -0.05) is 61.3 Å². The molecule has 0 radical (unpaired) electrons. The van der Waals surface area contributed by atoms with Gasteiger partial charge in [-0.3, -0.25) is 9.59 Å². The Balaban J connectivity index is 2.01. The predicted molar refractivity (Wildman–Crippen MR) is 110 cm³/mol. The van der Waals surface area contributed by atoms with Crippen LogP contribution in [0, 0.1) is 6.92 Å². The van der Waals surface area contributed by atoms with Gasteiger partial charge in [0.25, 0.3) is 5.91 Å². The second-order valence-electron chi connectivity index (χ2n) is 6.74. The molecule has 1 N–H and O–H groups in total. The average molecular weight is 408 g/mol. The second kappa shape index (κ2) is 9.25. The highest BCUT2D eigenvalue weighted by atomic mass is 35.5. The van der Waals surface area contributed by atoms with E-state index in [1.54, 1.807) is 25.1 Å². The zero-order valence-electron chi connectivity index (χ0n) is 15.8. The van der Waals surface area contributed by atoms with Crippen molar-refractivity contribution in [2.75, 3.05) is 5.32 Å². The Kier molecular flexibility index (Phi) is 7.28. The standard InChI is InChI=1S/C21H23Cl2NO3/c1-12(2)16-7-5-6-13(3)20(16)24-21(26)14(4)27-19(25)11-15-8-9-17(22)18(23)10-15/h5-10,12,14H,11H2,1-4H3,(H,24,26)/t14-/m0/s1. The van der Waals surface area contributed by atoms with Crippen molar-refractivity contribution in [3.8, 4) is 0 Å². The number of anilines is 1. The Bertz CT molecular complexity index is 849. The summed E-state index contributed by atoms with van der Waals surface area (Å²) in [5, 5.41) is 3.68. The van der Waals surface area contributed by atoms with Crippen LogP contribution < -0.4 is 5.32 Å². The summed E-state index contributed by atoms with van der Waals surface area (Å²) in [5.41, 5.74) is 3.44. The summed E-state index contributed by atoms with van der Waals surface area (Å²) >= 11 is 11.8. The van der Waals surface area contributed by atoms with Crippen LogP contribution in [0.25, 0.3) is 0 Å². The van der Waals surface area contributed by atoms with Crippen LogP contribution in [-0.4, -0.2) is 18.0 Å². The molecule has 0 saturated heterocycles. The third-order valence-corrected chi connectivity index (χ3v) is 4.92. The first kappa shape index (κ1) is 21.3. The maximum atomic E-state index is 12.5.